The third-order valence-electron chi connectivity index (χ3n) is 3.99. The molecular formula is C15H17N5S. The van der Waals surface area contributed by atoms with Crippen molar-refractivity contribution in [3.8, 4) is 0 Å². The van der Waals surface area contributed by atoms with Crippen molar-refractivity contribution in [1.82, 2.24) is 24.2 Å². The predicted molar refractivity (Wildman–Crippen MR) is 81.8 cm³/mol. The first-order chi connectivity index (χ1) is 10.3. The molecule has 0 saturated carbocycles. The van der Waals surface area contributed by atoms with Crippen molar-refractivity contribution in [1.29, 1.82) is 0 Å². The molecule has 0 amide bonds. The number of hydrogen-bond donors (Lipinski definition) is 0. The van der Waals surface area contributed by atoms with Crippen LogP contribution >= 0.6 is 11.3 Å². The summed E-state index contributed by atoms with van der Waals surface area (Å²) in [6, 6.07) is 2.21. The van der Waals surface area contributed by atoms with Gasteiger partial charge in [0.1, 0.15) is 0 Å². The van der Waals surface area contributed by atoms with E-state index in [-0.39, 0.29) is 0 Å². The van der Waals surface area contributed by atoms with E-state index in [1.807, 2.05) is 30.5 Å². The van der Waals surface area contributed by atoms with E-state index in [2.05, 4.69) is 36.4 Å². The van der Waals surface area contributed by atoms with Crippen LogP contribution in [0.15, 0.2) is 35.5 Å². The second-order valence-corrected chi connectivity index (χ2v) is 6.29. The Balaban J connectivity index is 1.55. The summed E-state index contributed by atoms with van der Waals surface area (Å²) in [5.41, 5.74) is 5.30. The lowest BCUT2D eigenvalue weighted by molar-refractivity contribution is 0.268. The topological polar surface area (TPSA) is 38.9 Å². The molecule has 1 aliphatic rings. The first-order valence-electron chi connectivity index (χ1n) is 7.02. The van der Waals surface area contributed by atoms with Gasteiger partial charge in [-0.2, -0.15) is 16.4 Å². The lowest BCUT2D eigenvalue weighted by atomic mass is 10.2. The zero-order valence-corrected chi connectivity index (χ0v) is 12.8. The molecule has 0 fully saturated rings. The Morgan fingerprint density at radius 1 is 1.29 bits per heavy atom. The maximum absolute atomic E-state index is 4.68. The molecule has 0 spiro atoms. The van der Waals surface area contributed by atoms with Gasteiger partial charge in [-0.3, -0.25) is 9.58 Å². The first kappa shape index (κ1) is 12.8. The number of aryl methyl sites for hydroxylation is 1. The molecule has 5 nitrogen and oxygen atoms in total. The molecule has 108 valence electrons. The smallest absolute Gasteiger partial charge is 0.0949 e. The van der Waals surface area contributed by atoms with E-state index in [1.54, 1.807) is 11.3 Å². The standard InChI is InChI=1S/C15H17N5S/c1-18-15-9-20(6-12-2-5-21-10-12)7-13(15)14(17-18)8-19-4-3-16-11-19/h2-5,10-11H,6-9H2,1H3. The number of thiophene rings is 1. The van der Waals surface area contributed by atoms with Crippen molar-refractivity contribution in [2.75, 3.05) is 0 Å². The van der Waals surface area contributed by atoms with E-state index in [0.717, 1.165) is 26.2 Å². The van der Waals surface area contributed by atoms with Crippen LogP contribution in [0.3, 0.4) is 0 Å². The number of aromatic nitrogens is 4. The summed E-state index contributed by atoms with van der Waals surface area (Å²) in [6.07, 6.45) is 5.64. The molecule has 0 unspecified atom stereocenters. The van der Waals surface area contributed by atoms with Crippen LogP contribution in [0.4, 0.5) is 0 Å². The van der Waals surface area contributed by atoms with Gasteiger partial charge in [0.2, 0.25) is 0 Å². The Morgan fingerprint density at radius 3 is 3.00 bits per heavy atom. The van der Waals surface area contributed by atoms with Crippen LogP contribution in [-0.2, 0) is 33.2 Å². The van der Waals surface area contributed by atoms with E-state index in [1.165, 1.54) is 22.5 Å². The molecule has 0 aromatic carbocycles. The Bertz CT molecular complexity index is 727. The Morgan fingerprint density at radius 2 is 2.24 bits per heavy atom. The van der Waals surface area contributed by atoms with Crippen LogP contribution in [0, 0.1) is 0 Å². The van der Waals surface area contributed by atoms with Crippen molar-refractivity contribution < 1.29 is 0 Å². The predicted octanol–water partition coefficient (Wildman–Crippen LogP) is 2.24. The van der Waals surface area contributed by atoms with Gasteiger partial charge in [0.25, 0.3) is 0 Å². The van der Waals surface area contributed by atoms with Crippen LogP contribution < -0.4 is 0 Å². The molecule has 0 atom stereocenters. The highest BCUT2D eigenvalue weighted by atomic mass is 32.1. The van der Waals surface area contributed by atoms with E-state index in [0.29, 0.717) is 0 Å². The number of nitrogens with zero attached hydrogens (tertiary/aromatic N) is 5. The third kappa shape index (κ3) is 2.41. The summed E-state index contributed by atoms with van der Waals surface area (Å²) < 4.78 is 4.11. The fraction of sp³-hybridized carbons (Fsp3) is 0.333. The van der Waals surface area contributed by atoms with Gasteiger partial charge in [0.05, 0.1) is 24.3 Å². The van der Waals surface area contributed by atoms with Crippen LogP contribution in [0.1, 0.15) is 22.5 Å². The average Bonchev–Trinajstić information content (AvgIpc) is 3.20. The second-order valence-electron chi connectivity index (χ2n) is 5.51. The zero-order chi connectivity index (χ0) is 14.2. The maximum Gasteiger partial charge on any atom is 0.0949 e. The summed E-state index contributed by atoms with van der Waals surface area (Å²) in [6.45, 7) is 3.79. The highest BCUT2D eigenvalue weighted by Gasteiger charge is 2.26. The molecule has 4 heterocycles. The second kappa shape index (κ2) is 5.13. The van der Waals surface area contributed by atoms with Crippen molar-refractivity contribution in [3.05, 3.63) is 58.1 Å². The minimum atomic E-state index is 0.801. The molecule has 6 heteroatoms. The Labute approximate surface area is 127 Å². The van der Waals surface area contributed by atoms with Crippen molar-refractivity contribution in [2.24, 2.45) is 7.05 Å². The third-order valence-corrected chi connectivity index (χ3v) is 4.72. The van der Waals surface area contributed by atoms with Gasteiger partial charge in [-0.1, -0.05) is 0 Å². The lowest BCUT2D eigenvalue weighted by Crippen LogP contribution is -2.17. The molecule has 0 saturated heterocycles. The van der Waals surface area contributed by atoms with Gasteiger partial charge in [-0.05, 0) is 22.4 Å². The normalized spacial score (nSPS) is 14.7. The minimum absolute atomic E-state index is 0.801. The van der Waals surface area contributed by atoms with Crippen molar-refractivity contribution in [3.63, 3.8) is 0 Å². The maximum atomic E-state index is 4.68. The lowest BCUT2D eigenvalue weighted by Gasteiger charge is -2.14. The van der Waals surface area contributed by atoms with E-state index >= 15 is 0 Å². The number of imidazole rings is 1. The van der Waals surface area contributed by atoms with E-state index < -0.39 is 0 Å². The quantitative estimate of drug-likeness (QED) is 0.741. The fourth-order valence-corrected chi connectivity index (χ4v) is 3.63. The number of fused-ring (bicyclic) bond motifs is 1. The first-order valence-corrected chi connectivity index (χ1v) is 7.96. The van der Waals surface area contributed by atoms with Crippen molar-refractivity contribution in [2.45, 2.75) is 26.2 Å². The molecule has 1 aliphatic heterocycles. The molecule has 3 aromatic rings. The number of rotatable bonds is 4. The summed E-state index contributed by atoms with van der Waals surface area (Å²) in [5, 5.41) is 9.06. The van der Waals surface area contributed by atoms with Crippen molar-refractivity contribution >= 4 is 11.3 Å². The Kier molecular flexibility index (Phi) is 3.12. The highest BCUT2D eigenvalue weighted by molar-refractivity contribution is 7.07. The summed E-state index contributed by atoms with van der Waals surface area (Å²) in [4.78, 5) is 6.58. The molecule has 0 radical (unpaired) electrons. The molecule has 3 aromatic heterocycles. The molecule has 0 bridgehead atoms. The highest BCUT2D eigenvalue weighted by Crippen LogP contribution is 2.27. The molecular weight excluding hydrogens is 282 g/mol. The number of hydrogen-bond acceptors (Lipinski definition) is 4. The van der Waals surface area contributed by atoms with E-state index in [4.69, 9.17) is 0 Å². The minimum Gasteiger partial charge on any atom is -0.331 e. The monoisotopic (exact) mass is 299 g/mol. The van der Waals surface area contributed by atoms with Gasteiger partial charge >= 0.3 is 0 Å². The molecule has 0 N–H and O–H groups in total. The Hall–Kier alpha value is -1.92. The molecule has 0 aliphatic carbocycles. The molecule has 4 rings (SSSR count). The zero-order valence-electron chi connectivity index (χ0n) is 11.9. The fourth-order valence-electron chi connectivity index (χ4n) is 2.97. The van der Waals surface area contributed by atoms with Gasteiger partial charge in [0, 0.05) is 44.6 Å². The van der Waals surface area contributed by atoms with E-state index in [9.17, 15) is 0 Å². The summed E-state index contributed by atoms with van der Waals surface area (Å²) in [5.74, 6) is 0. The SMILES string of the molecule is Cn1nc(Cn2ccnc2)c2c1CN(Cc1ccsc1)C2. The van der Waals surface area contributed by atoms with Gasteiger partial charge in [0.15, 0.2) is 0 Å². The van der Waals surface area contributed by atoms with Gasteiger partial charge in [-0.15, -0.1) is 0 Å². The average molecular weight is 299 g/mol. The summed E-state index contributed by atoms with van der Waals surface area (Å²) >= 11 is 1.76. The summed E-state index contributed by atoms with van der Waals surface area (Å²) in [7, 11) is 2.05. The van der Waals surface area contributed by atoms with Crippen LogP contribution in [-0.4, -0.2) is 24.2 Å². The van der Waals surface area contributed by atoms with Gasteiger partial charge < -0.3 is 4.57 Å². The molecule has 21 heavy (non-hydrogen) atoms. The van der Waals surface area contributed by atoms with Crippen LogP contribution in [0.5, 0.6) is 0 Å². The largest absolute Gasteiger partial charge is 0.331 e. The van der Waals surface area contributed by atoms with Crippen LogP contribution in [0.2, 0.25) is 0 Å². The van der Waals surface area contributed by atoms with Crippen LogP contribution in [0.25, 0.3) is 0 Å². The van der Waals surface area contributed by atoms with Gasteiger partial charge in [-0.25, -0.2) is 4.98 Å².